The molecule has 0 amide bonds. The van der Waals surface area contributed by atoms with Gasteiger partial charge in [-0.2, -0.15) is 0 Å². The van der Waals surface area contributed by atoms with Gasteiger partial charge < -0.3 is 12.2 Å². The van der Waals surface area contributed by atoms with Gasteiger partial charge >= 0.3 is 1.43 Å². The number of hydrogen-bond donors (Lipinski definition) is 0. The van der Waals surface area contributed by atoms with Crippen LogP contribution in [0, 0.1) is 7.43 Å². The Morgan fingerprint density at radius 2 is 0.846 bits per heavy atom. The van der Waals surface area contributed by atoms with Gasteiger partial charge in [0.1, 0.15) is 0 Å². The Labute approximate surface area is 88.4 Å². The molecule has 0 radical (unpaired) electrons. The Balaban J connectivity index is -0.0000000245. The van der Waals surface area contributed by atoms with Crippen molar-refractivity contribution in [2.75, 3.05) is 13.2 Å². The number of hydrogen-bond acceptors (Lipinski definition) is 1. The van der Waals surface area contributed by atoms with Gasteiger partial charge in [0.15, 0.2) is 0 Å². The number of rotatable bonds is 0. The van der Waals surface area contributed by atoms with Gasteiger partial charge in [-0.25, -0.2) is 0 Å². The second-order valence-electron chi connectivity index (χ2n) is 2.73. The third-order valence-electron chi connectivity index (χ3n) is 0.204. The maximum absolute atomic E-state index is 4.50. The van der Waals surface area contributed by atoms with E-state index in [0.717, 1.165) is 13.2 Å². The van der Waals surface area contributed by atoms with Crippen LogP contribution in [0.25, 0.3) is 0 Å². The van der Waals surface area contributed by atoms with Crippen LogP contribution in [0.15, 0.2) is 0 Å². The van der Waals surface area contributed by atoms with Crippen LogP contribution in [0.3, 0.4) is 0 Å². The van der Waals surface area contributed by atoms with Crippen LogP contribution in [0.1, 0.15) is 62.2 Å². The molecule has 0 spiro atoms. The minimum absolute atomic E-state index is 0. The lowest BCUT2D eigenvalue weighted by atomic mass is 10.6. The molecule has 0 aliphatic carbocycles. The van der Waals surface area contributed by atoms with Gasteiger partial charge in [0, 0.05) is 0 Å². The average Bonchev–Trinajstić information content (AvgIpc) is 2.74. The quantitative estimate of drug-likeness (QED) is 0.395. The molecule has 1 heterocycles. The highest BCUT2D eigenvalue weighted by Crippen LogP contribution is 1.84. The van der Waals surface area contributed by atoms with Crippen LogP contribution >= 0.6 is 0 Å². The molecule has 1 fully saturated rings. The maximum atomic E-state index is 4.50. The van der Waals surface area contributed by atoms with Crippen LogP contribution < -0.4 is 0 Å². The Bertz CT molecular complexity index is 31.8. The first-order valence-electron chi connectivity index (χ1n) is 5.32. The molecule has 1 saturated heterocycles. The summed E-state index contributed by atoms with van der Waals surface area (Å²) in [6.45, 7) is 14.8. The molecule has 1 rings (SSSR count). The van der Waals surface area contributed by atoms with Crippen molar-refractivity contribution in [1.82, 2.24) is 0 Å². The van der Waals surface area contributed by atoms with Gasteiger partial charge in [0.25, 0.3) is 0 Å². The minimum Gasteiger partial charge on any atom is -0.377 e. The highest BCUT2D eigenvalue weighted by molar-refractivity contribution is 4.36. The van der Waals surface area contributed by atoms with Crippen molar-refractivity contribution in [1.29, 1.82) is 0 Å². The molecule has 86 valence electrons. The molecule has 0 atom stereocenters. The van der Waals surface area contributed by atoms with Crippen molar-refractivity contribution in [3.63, 3.8) is 0 Å². The van der Waals surface area contributed by atoms with E-state index in [4.69, 9.17) is 0 Å². The molecule has 1 heteroatoms. The van der Waals surface area contributed by atoms with Crippen LogP contribution in [0.2, 0.25) is 0 Å². The fourth-order valence-corrected chi connectivity index (χ4v) is 0. The van der Waals surface area contributed by atoms with Crippen molar-refractivity contribution < 1.29 is 6.16 Å². The molecule has 13 heavy (non-hydrogen) atoms. The van der Waals surface area contributed by atoms with Gasteiger partial charge in [-0.1, -0.05) is 60.8 Å². The zero-order valence-corrected chi connectivity index (χ0v) is 10.9. The van der Waals surface area contributed by atoms with Crippen molar-refractivity contribution in [2.24, 2.45) is 0 Å². The van der Waals surface area contributed by atoms with Crippen LogP contribution in [0.5, 0.6) is 0 Å². The van der Waals surface area contributed by atoms with Crippen molar-refractivity contribution in [3.8, 4) is 0 Å². The summed E-state index contributed by atoms with van der Waals surface area (Å²) in [5.41, 5.74) is 0. The van der Waals surface area contributed by atoms with Gasteiger partial charge in [-0.05, 0) is 0 Å². The van der Waals surface area contributed by atoms with E-state index < -0.39 is 0 Å². The lowest BCUT2D eigenvalue weighted by Crippen LogP contribution is -1.27. The molecule has 0 bridgehead atoms. The lowest BCUT2D eigenvalue weighted by molar-refractivity contribution is 0.475. The fourth-order valence-electron chi connectivity index (χ4n) is 0. The SMILES string of the molecule is C1CO1.CCC.CCC.CCC.[CH3-].[H+]. The first-order chi connectivity index (χ1) is 5.74. The van der Waals surface area contributed by atoms with Crippen molar-refractivity contribution >= 4 is 0 Å². The molecule has 1 aliphatic rings. The molecule has 0 saturated carbocycles. The fraction of sp³-hybridized carbons (Fsp3) is 0.917. The van der Waals surface area contributed by atoms with Crippen LogP contribution in [0.4, 0.5) is 0 Å². The van der Waals surface area contributed by atoms with E-state index in [0.29, 0.717) is 0 Å². The summed E-state index contributed by atoms with van der Waals surface area (Å²) >= 11 is 0. The van der Waals surface area contributed by atoms with E-state index >= 15 is 0 Å². The first-order valence-corrected chi connectivity index (χ1v) is 5.32. The molecule has 0 aromatic rings. The second-order valence-corrected chi connectivity index (χ2v) is 2.73. The Morgan fingerprint density at radius 3 is 0.846 bits per heavy atom. The van der Waals surface area contributed by atoms with Gasteiger partial charge in [0.05, 0.1) is 13.2 Å². The van der Waals surface area contributed by atoms with E-state index in [-0.39, 0.29) is 8.85 Å². The highest BCUT2D eigenvalue weighted by atomic mass is 16.6. The first kappa shape index (κ1) is 23.1. The minimum atomic E-state index is 0. The molecule has 0 aromatic carbocycles. The van der Waals surface area contributed by atoms with Crippen LogP contribution in [-0.2, 0) is 4.74 Å². The molecule has 1 nitrogen and oxygen atoms in total. The molecule has 1 aliphatic heterocycles. The third kappa shape index (κ3) is 1290. The summed E-state index contributed by atoms with van der Waals surface area (Å²) < 4.78 is 4.50. The zero-order chi connectivity index (χ0) is 10.2. The Hall–Kier alpha value is -0.0400. The summed E-state index contributed by atoms with van der Waals surface area (Å²) in [6, 6.07) is 0. The molecular formula is C12H32O. The monoisotopic (exact) mass is 192 g/mol. The van der Waals surface area contributed by atoms with E-state index in [1.807, 2.05) is 0 Å². The van der Waals surface area contributed by atoms with Gasteiger partial charge in [-0.15, -0.1) is 0 Å². The summed E-state index contributed by atoms with van der Waals surface area (Å²) in [6.07, 6.45) is 3.75. The maximum Gasteiger partial charge on any atom is 1.00 e. The normalized spacial score (nSPS) is 9.69. The second kappa shape index (κ2) is 40.4. The average molecular weight is 192 g/mol. The lowest BCUT2D eigenvalue weighted by Gasteiger charge is -1.48. The third-order valence-corrected chi connectivity index (χ3v) is 0.204. The molecule has 0 aromatic heterocycles. The van der Waals surface area contributed by atoms with E-state index in [1.54, 1.807) is 0 Å². The predicted octanol–water partition coefficient (Wildman–Crippen LogP) is 4.83. The van der Waals surface area contributed by atoms with E-state index in [1.165, 1.54) is 19.3 Å². The summed E-state index contributed by atoms with van der Waals surface area (Å²) in [4.78, 5) is 0. The standard InChI is InChI=1S/3C3H8.C2H4O.CH3/c3*1-3-2;1-2-3-1;/h3*3H2,1-2H3;1-2H2;1H3/q;;;;-1/p+1. The summed E-state index contributed by atoms with van der Waals surface area (Å²) in [5, 5.41) is 0. The van der Waals surface area contributed by atoms with E-state index in [9.17, 15) is 0 Å². The van der Waals surface area contributed by atoms with E-state index in [2.05, 4.69) is 46.3 Å². The molecule has 0 unspecified atom stereocenters. The zero-order valence-electron chi connectivity index (χ0n) is 11.9. The molecule has 0 N–H and O–H groups in total. The van der Waals surface area contributed by atoms with Gasteiger partial charge in [0.2, 0.25) is 0 Å². The topological polar surface area (TPSA) is 12.5 Å². The Kier molecular flexibility index (Phi) is 71.8. The number of ether oxygens (including phenoxy) is 1. The van der Waals surface area contributed by atoms with Crippen LogP contribution in [-0.4, -0.2) is 13.2 Å². The van der Waals surface area contributed by atoms with Gasteiger partial charge in [-0.3, -0.25) is 0 Å². The smallest absolute Gasteiger partial charge is 0.377 e. The largest absolute Gasteiger partial charge is 1.00 e. The van der Waals surface area contributed by atoms with Crippen molar-refractivity contribution in [3.05, 3.63) is 7.43 Å². The number of epoxide rings is 1. The highest BCUT2D eigenvalue weighted by Gasteiger charge is 1.94. The summed E-state index contributed by atoms with van der Waals surface area (Å²) in [7, 11) is 0. The Morgan fingerprint density at radius 1 is 0.769 bits per heavy atom. The predicted molar refractivity (Wildman–Crippen MR) is 66.2 cm³/mol. The molecular weight excluding hydrogens is 160 g/mol. The van der Waals surface area contributed by atoms with Crippen molar-refractivity contribution in [2.45, 2.75) is 60.8 Å². The summed E-state index contributed by atoms with van der Waals surface area (Å²) in [5.74, 6) is 0.